The summed E-state index contributed by atoms with van der Waals surface area (Å²) in [7, 11) is 0. The predicted octanol–water partition coefficient (Wildman–Crippen LogP) is 8.67. The molecule has 1 aliphatic heterocycles. The van der Waals surface area contributed by atoms with Gasteiger partial charge in [0.05, 0.1) is 9.95 Å². The fourth-order valence-electron chi connectivity index (χ4n) is 5.52. The number of carbonyl (C=O) groups excluding carboxylic acids is 1. The number of non-ortho nitro benzene ring substituents is 1. The van der Waals surface area contributed by atoms with Gasteiger partial charge >= 0.3 is 0 Å². The van der Waals surface area contributed by atoms with Crippen molar-refractivity contribution >= 4 is 66.2 Å². The molecule has 0 fully saturated rings. The van der Waals surface area contributed by atoms with Crippen LogP contribution in [0, 0.1) is 17.0 Å². The van der Waals surface area contributed by atoms with Crippen LogP contribution in [0.3, 0.4) is 0 Å². The van der Waals surface area contributed by atoms with E-state index < -0.39 is 10.5 Å². The van der Waals surface area contributed by atoms with Gasteiger partial charge in [-0.2, -0.15) is 0 Å². The number of nitro groups is 1. The Kier molecular flexibility index (Phi) is 6.01. The molecule has 2 heterocycles. The van der Waals surface area contributed by atoms with Gasteiger partial charge in [0.25, 0.3) is 11.6 Å². The van der Waals surface area contributed by atoms with Crippen molar-refractivity contribution in [3.05, 3.63) is 102 Å². The van der Waals surface area contributed by atoms with E-state index in [1.165, 1.54) is 29.0 Å². The van der Waals surface area contributed by atoms with E-state index in [0.29, 0.717) is 26.4 Å². The molecule has 5 nitrogen and oxygen atoms in total. The minimum absolute atomic E-state index is 0.0243. The number of nitro benzene ring substituents is 1. The number of thiophene rings is 1. The molecule has 1 aromatic heterocycles. The molecule has 1 amide bonds. The van der Waals surface area contributed by atoms with Crippen molar-refractivity contribution in [1.82, 2.24) is 0 Å². The zero-order valence-corrected chi connectivity index (χ0v) is 23.4. The summed E-state index contributed by atoms with van der Waals surface area (Å²) in [4.78, 5) is 27.2. The van der Waals surface area contributed by atoms with Crippen LogP contribution in [-0.4, -0.2) is 16.4 Å². The van der Waals surface area contributed by atoms with Gasteiger partial charge in [0.1, 0.15) is 4.88 Å². The summed E-state index contributed by atoms with van der Waals surface area (Å²) in [6.07, 6.45) is 0.706. The van der Waals surface area contributed by atoms with Gasteiger partial charge in [-0.3, -0.25) is 14.9 Å². The van der Waals surface area contributed by atoms with Gasteiger partial charge in [-0.15, -0.1) is 11.3 Å². The van der Waals surface area contributed by atoms with Gasteiger partial charge in [0.2, 0.25) is 0 Å². The number of halogens is 2. The van der Waals surface area contributed by atoms with E-state index in [2.05, 4.69) is 74.0 Å². The molecule has 0 radical (unpaired) electrons. The first-order valence-corrected chi connectivity index (χ1v) is 13.5. The number of nitrogens with zero attached hydrogens (tertiary/aromatic N) is 2. The Balaban J connectivity index is 1.68. The second-order valence-corrected chi connectivity index (χ2v) is 12.5. The molecule has 5 rings (SSSR count). The highest BCUT2D eigenvalue weighted by molar-refractivity contribution is 9.10. The van der Waals surface area contributed by atoms with Crippen LogP contribution in [0.25, 0.3) is 10.1 Å². The molecule has 1 aliphatic rings. The van der Waals surface area contributed by atoms with Gasteiger partial charge in [-0.05, 0) is 62.6 Å². The molecule has 0 aliphatic carbocycles. The monoisotopic (exact) mass is 582 g/mol. The number of benzene rings is 3. The molecule has 0 bridgehead atoms. The second-order valence-electron chi connectivity index (χ2n) is 10.2. The molecule has 3 aromatic carbocycles. The highest BCUT2D eigenvalue weighted by Gasteiger charge is 2.48. The highest BCUT2D eigenvalue weighted by Crippen LogP contribution is 2.52. The maximum absolute atomic E-state index is 14.2. The Morgan fingerprint density at radius 3 is 2.44 bits per heavy atom. The largest absolute Gasteiger partial charge is 0.302 e. The second kappa shape index (κ2) is 8.68. The van der Waals surface area contributed by atoms with Gasteiger partial charge in [0, 0.05) is 43.3 Å². The molecule has 0 saturated carbocycles. The Morgan fingerprint density at radius 1 is 1.08 bits per heavy atom. The van der Waals surface area contributed by atoms with Crippen LogP contribution in [0.15, 0.2) is 65.1 Å². The van der Waals surface area contributed by atoms with Crippen LogP contribution in [-0.2, 0) is 5.41 Å². The topological polar surface area (TPSA) is 63.5 Å². The van der Waals surface area contributed by atoms with Crippen LogP contribution >= 0.6 is 38.9 Å². The van der Waals surface area contributed by atoms with Gasteiger partial charge in [-0.1, -0.05) is 64.3 Å². The molecular weight excluding hydrogens is 560 g/mol. The molecule has 0 unspecified atom stereocenters. The van der Waals surface area contributed by atoms with E-state index in [-0.39, 0.29) is 17.0 Å². The molecule has 0 N–H and O–H groups in total. The molecule has 0 spiro atoms. The molecule has 1 atom stereocenters. The summed E-state index contributed by atoms with van der Waals surface area (Å²) in [6.45, 7) is 8.46. The fraction of sp³-hybridized carbons (Fsp3) is 0.250. The third kappa shape index (κ3) is 3.94. The minimum atomic E-state index is -0.535. The maximum Gasteiger partial charge on any atom is 0.270 e. The average Bonchev–Trinajstić information content (AvgIpc) is 3.15. The Morgan fingerprint density at radius 2 is 1.78 bits per heavy atom. The lowest BCUT2D eigenvalue weighted by molar-refractivity contribution is -0.384. The number of amides is 1. The summed E-state index contributed by atoms with van der Waals surface area (Å²) < 4.78 is 1.64. The molecule has 8 heteroatoms. The molecule has 4 aromatic rings. The lowest BCUT2D eigenvalue weighted by Gasteiger charge is -2.51. The van der Waals surface area contributed by atoms with Gasteiger partial charge in [-0.25, -0.2) is 0 Å². The van der Waals surface area contributed by atoms with E-state index >= 15 is 0 Å². The third-order valence-corrected chi connectivity index (χ3v) is 9.26. The van der Waals surface area contributed by atoms with Crippen LogP contribution in [0.4, 0.5) is 11.4 Å². The summed E-state index contributed by atoms with van der Waals surface area (Å²) >= 11 is 11.4. The molecule has 184 valence electrons. The molecular formula is C28H24BrClN2O3S. The average molecular weight is 584 g/mol. The molecule has 36 heavy (non-hydrogen) atoms. The van der Waals surface area contributed by atoms with Gasteiger partial charge < -0.3 is 4.90 Å². The smallest absolute Gasteiger partial charge is 0.270 e. The van der Waals surface area contributed by atoms with Crippen LogP contribution in [0.2, 0.25) is 5.02 Å². The van der Waals surface area contributed by atoms with E-state index in [0.717, 1.165) is 21.3 Å². The third-order valence-electron chi connectivity index (χ3n) is 7.08. The van der Waals surface area contributed by atoms with Crippen molar-refractivity contribution < 1.29 is 9.72 Å². The first-order valence-electron chi connectivity index (χ1n) is 11.5. The number of aryl methyl sites for hydroxylation is 1. The Labute approximate surface area is 227 Å². The van der Waals surface area contributed by atoms with E-state index in [4.69, 9.17) is 11.6 Å². The SMILES string of the molecule is Cc1ccc2c(c1)[C@](C)(c1ccc(Br)cc1)CC(C)(C)N2C(=O)c1sc2cc([N+](=O)[O-])ccc2c1Cl. The molecule has 0 saturated heterocycles. The first kappa shape index (κ1) is 24.9. The predicted molar refractivity (Wildman–Crippen MR) is 151 cm³/mol. The van der Waals surface area contributed by atoms with E-state index in [1.54, 1.807) is 6.07 Å². The van der Waals surface area contributed by atoms with Crippen molar-refractivity contribution in [2.75, 3.05) is 4.90 Å². The van der Waals surface area contributed by atoms with Crippen LogP contribution in [0.1, 0.15) is 53.6 Å². The van der Waals surface area contributed by atoms with E-state index in [1.807, 2.05) is 17.0 Å². The number of carbonyl (C=O) groups is 1. The fourth-order valence-corrected chi connectivity index (χ4v) is 7.26. The summed E-state index contributed by atoms with van der Waals surface area (Å²) in [5.41, 5.74) is 3.38. The zero-order valence-electron chi connectivity index (χ0n) is 20.3. The Bertz CT molecular complexity index is 1550. The zero-order chi connectivity index (χ0) is 26.0. The van der Waals surface area contributed by atoms with Crippen molar-refractivity contribution in [1.29, 1.82) is 0 Å². The number of anilines is 1. The number of hydrogen-bond acceptors (Lipinski definition) is 4. The number of hydrogen-bond donors (Lipinski definition) is 0. The minimum Gasteiger partial charge on any atom is -0.302 e. The van der Waals surface area contributed by atoms with Crippen molar-refractivity contribution in [3.8, 4) is 0 Å². The quantitative estimate of drug-likeness (QED) is 0.179. The lowest BCUT2D eigenvalue weighted by Crippen LogP contribution is -2.55. The highest BCUT2D eigenvalue weighted by atomic mass is 79.9. The normalized spacial score (nSPS) is 18.8. The lowest BCUT2D eigenvalue weighted by atomic mass is 9.65. The Hall–Kier alpha value is -2.74. The summed E-state index contributed by atoms with van der Waals surface area (Å²) in [6, 6.07) is 19.1. The summed E-state index contributed by atoms with van der Waals surface area (Å²) in [5, 5.41) is 12.2. The first-order chi connectivity index (χ1) is 16.9. The van der Waals surface area contributed by atoms with E-state index in [9.17, 15) is 14.9 Å². The maximum atomic E-state index is 14.2. The van der Waals surface area contributed by atoms with Crippen molar-refractivity contribution in [2.45, 2.75) is 45.1 Å². The van der Waals surface area contributed by atoms with Crippen molar-refractivity contribution in [3.63, 3.8) is 0 Å². The van der Waals surface area contributed by atoms with Crippen LogP contribution in [0.5, 0.6) is 0 Å². The van der Waals surface area contributed by atoms with Crippen molar-refractivity contribution in [2.24, 2.45) is 0 Å². The number of fused-ring (bicyclic) bond motifs is 2. The van der Waals surface area contributed by atoms with Crippen LogP contribution < -0.4 is 4.90 Å². The van der Waals surface area contributed by atoms with Gasteiger partial charge in [0.15, 0.2) is 0 Å². The standard InChI is InChI=1S/C28H24BrClN2O3S/c1-16-5-12-22-21(13-16)28(4,17-6-8-18(29)9-7-17)15-27(2,3)31(22)26(33)25-24(30)20-11-10-19(32(34)35)14-23(20)36-25/h5-14H,15H2,1-4H3/t28-/m0/s1. The number of rotatable bonds is 3. The summed E-state index contributed by atoms with van der Waals surface area (Å²) in [5.74, 6) is -0.197.